The zero-order chi connectivity index (χ0) is 13.5. The van der Waals surface area contributed by atoms with Gasteiger partial charge in [-0.1, -0.05) is 0 Å². The Bertz CT molecular complexity index is 441. The summed E-state index contributed by atoms with van der Waals surface area (Å²) < 4.78 is 11.4. The van der Waals surface area contributed by atoms with Crippen molar-refractivity contribution < 1.29 is 9.47 Å². The molecule has 0 aromatic heterocycles. The predicted octanol–water partition coefficient (Wildman–Crippen LogP) is 2.38. The zero-order valence-corrected chi connectivity index (χ0v) is 15.3. The summed E-state index contributed by atoms with van der Waals surface area (Å²) in [6.45, 7) is 0.645. The highest BCUT2D eigenvalue weighted by atomic mass is 127. The summed E-state index contributed by atoms with van der Waals surface area (Å²) in [7, 11) is 6.78. The third kappa shape index (κ3) is 5.06. The van der Waals surface area contributed by atoms with Crippen LogP contribution in [0.25, 0.3) is 0 Å². The summed E-state index contributed by atoms with van der Waals surface area (Å²) >= 11 is 3.46. The molecule has 5 nitrogen and oxygen atoms in total. The fourth-order valence-electron chi connectivity index (χ4n) is 1.54. The SMILES string of the molecule is CN=C(NC)NCc1cc(Br)c(OC)c(OC)c1.I. The topological polar surface area (TPSA) is 54.9 Å². The van der Waals surface area contributed by atoms with Crippen molar-refractivity contribution in [2.45, 2.75) is 6.54 Å². The zero-order valence-electron chi connectivity index (χ0n) is 11.4. The first kappa shape index (κ1) is 18.3. The van der Waals surface area contributed by atoms with Crippen LogP contribution in [0.1, 0.15) is 5.56 Å². The Morgan fingerprint density at radius 2 is 2.00 bits per heavy atom. The molecule has 0 aliphatic carbocycles. The maximum atomic E-state index is 5.29. The number of nitrogens with one attached hydrogen (secondary N) is 2. The highest BCUT2D eigenvalue weighted by molar-refractivity contribution is 14.0. The second kappa shape index (κ2) is 9.24. The van der Waals surface area contributed by atoms with E-state index in [4.69, 9.17) is 9.47 Å². The fourth-order valence-corrected chi connectivity index (χ4v) is 2.19. The Morgan fingerprint density at radius 1 is 1.32 bits per heavy atom. The van der Waals surface area contributed by atoms with Crippen LogP contribution >= 0.6 is 39.9 Å². The summed E-state index contributed by atoms with van der Waals surface area (Å²) in [5, 5.41) is 6.13. The average molecular weight is 444 g/mol. The molecule has 0 unspecified atom stereocenters. The van der Waals surface area contributed by atoms with Crippen molar-refractivity contribution in [2.75, 3.05) is 28.3 Å². The number of ether oxygens (including phenoxy) is 2. The standard InChI is InChI=1S/C12H18BrN3O2.HI/c1-14-12(15-2)16-7-8-5-9(13)11(18-4)10(6-8)17-3;/h5-6H,7H2,1-4H3,(H2,14,15,16);1H. The van der Waals surface area contributed by atoms with Crippen LogP contribution in [0.2, 0.25) is 0 Å². The minimum Gasteiger partial charge on any atom is -0.493 e. The van der Waals surface area contributed by atoms with Gasteiger partial charge in [0.25, 0.3) is 0 Å². The van der Waals surface area contributed by atoms with Gasteiger partial charge in [-0.2, -0.15) is 0 Å². The van der Waals surface area contributed by atoms with E-state index >= 15 is 0 Å². The first-order valence-corrected chi connectivity index (χ1v) is 6.24. The average Bonchev–Trinajstić information content (AvgIpc) is 2.39. The van der Waals surface area contributed by atoms with Gasteiger partial charge in [0.2, 0.25) is 0 Å². The van der Waals surface area contributed by atoms with Crippen molar-refractivity contribution in [1.82, 2.24) is 10.6 Å². The lowest BCUT2D eigenvalue weighted by Gasteiger charge is -2.13. The van der Waals surface area contributed by atoms with E-state index < -0.39 is 0 Å². The number of guanidine groups is 1. The Balaban J connectivity index is 0.00000324. The molecule has 0 aliphatic heterocycles. The van der Waals surface area contributed by atoms with Gasteiger partial charge in [-0.25, -0.2) is 0 Å². The molecule has 7 heteroatoms. The Hall–Kier alpha value is -0.700. The largest absolute Gasteiger partial charge is 0.493 e. The molecular weight excluding hydrogens is 425 g/mol. The third-order valence-electron chi connectivity index (χ3n) is 2.41. The monoisotopic (exact) mass is 443 g/mol. The Kier molecular flexibility index (Phi) is 8.90. The van der Waals surface area contributed by atoms with Gasteiger partial charge < -0.3 is 20.1 Å². The van der Waals surface area contributed by atoms with E-state index in [1.165, 1.54) is 0 Å². The van der Waals surface area contributed by atoms with Gasteiger partial charge in [0.1, 0.15) is 0 Å². The maximum absolute atomic E-state index is 5.29. The van der Waals surface area contributed by atoms with Crippen molar-refractivity contribution in [3.63, 3.8) is 0 Å². The van der Waals surface area contributed by atoms with Gasteiger partial charge in [0.15, 0.2) is 17.5 Å². The summed E-state index contributed by atoms with van der Waals surface area (Å²) in [5.41, 5.74) is 1.07. The van der Waals surface area contributed by atoms with Crippen molar-refractivity contribution in [2.24, 2.45) is 4.99 Å². The first-order chi connectivity index (χ1) is 8.65. The van der Waals surface area contributed by atoms with Gasteiger partial charge >= 0.3 is 0 Å². The smallest absolute Gasteiger partial charge is 0.190 e. The van der Waals surface area contributed by atoms with E-state index in [9.17, 15) is 0 Å². The number of rotatable bonds is 4. The molecule has 19 heavy (non-hydrogen) atoms. The summed E-state index contributed by atoms with van der Waals surface area (Å²) in [4.78, 5) is 4.05. The lowest BCUT2D eigenvalue weighted by atomic mass is 10.2. The van der Waals surface area contributed by atoms with Crippen molar-refractivity contribution in [3.8, 4) is 11.5 Å². The quantitative estimate of drug-likeness (QED) is 0.426. The van der Waals surface area contributed by atoms with E-state index in [-0.39, 0.29) is 24.0 Å². The molecule has 0 heterocycles. The van der Waals surface area contributed by atoms with Gasteiger partial charge in [-0.05, 0) is 33.6 Å². The second-order valence-corrected chi connectivity index (χ2v) is 4.34. The molecule has 0 saturated carbocycles. The summed E-state index contributed by atoms with van der Waals surface area (Å²) in [6, 6.07) is 3.91. The number of nitrogens with zero attached hydrogens (tertiary/aromatic N) is 1. The maximum Gasteiger partial charge on any atom is 0.190 e. The highest BCUT2D eigenvalue weighted by Gasteiger charge is 2.10. The van der Waals surface area contributed by atoms with Crippen molar-refractivity contribution in [3.05, 3.63) is 22.2 Å². The minimum atomic E-state index is 0. The van der Waals surface area contributed by atoms with E-state index in [0.29, 0.717) is 18.0 Å². The summed E-state index contributed by atoms with van der Waals surface area (Å²) in [6.07, 6.45) is 0. The van der Waals surface area contributed by atoms with Crippen LogP contribution < -0.4 is 20.1 Å². The van der Waals surface area contributed by atoms with Crippen LogP contribution in [-0.4, -0.2) is 34.3 Å². The minimum absolute atomic E-state index is 0. The number of benzene rings is 1. The number of hydrogen-bond donors (Lipinski definition) is 2. The molecule has 1 aromatic carbocycles. The molecule has 0 bridgehead atoms. The first-order valence-electron chi connectivity index (χ1n) is 5.45. The number of halogens is 2. The molecule has 0 aliphatic rings. The van der Waals surface area contributed by atoms with E-state index in [2.05, 4.69) is 31.6 Å². The molecule has 0 radical (unpaired) electrons. The van der Waals surface area contributed by atoms with Gasteiger partial charge in [0, 0.05) is 20.6 Å². The van der Waals surface area contributed by atoms with Crippen LogP contribution in [0.4, 0.5) is 0 Å². The molecule has 0 spiro atoms. The Morgan fingerprint density at radius 3 is 2.47 bits per heavy atom. The summed E-state index contributed by atoms with van der Waals surface area (Å²) in [5.74, 6) is 2.13. The molecule has 108 valence electrons. The lowest BCUT2D eigenvalue weighted by molar-refractivity contribution is 0.352. The van der Waals surface area contributed by atoms with Crippen LogP contribution in [-0.2, 0) is 6.54 Å². The van der Waals surface area contributed by atoms with Gasteiger partial charge in [-0.3, -0.25) is 4.99 Å². The second-order valence-electron chi connectivity index (χ2n) is 3.49. The Labute approximate surface area is 139 Å². The van der Waals surface area contributed by atoms with E-state index in [1.807, 2.05) is 19.2 Å². The van der Waals surface area contributed by atoms with E-state index in [1.54, 1.807) is 21.3 Å². The third-order valence-corrected chi connectivity index (χ3v) is 3.00. The molecule has 0 amide bonds. The number of hydrogen-bond acceptors (Lipinski definition) is 3. The van der Waals surface area contributed by atoms with Crippen LogP contribution in [0, 0.1) is 0 Å². The molecule has 2 N–H and O–H groups in total. The normalized spacial score (nSPS) is 10.5. The van der Waals surface area contributed by atoms with Gasteiger partial charge in [-0.15, -0.1) is 24.0 Å². The van der Waals surface area contributed by atoms with Crippen molar-refractivity contribution >= 4 is 45.9 Å². The van der Waals surface area contributed by atoms with Crippen molar-refractivity contribution in [1.29, 1.82) is 0 Å². The number of methoxy groups -OCH3 is 2. The molecular formula is C12H19BrIN3O2. The van der Waals surface area contributed by atoms with Crippen LogP contribution in [0.3, 0.4) is 0 Å². The van der Waals surface area contributed by atoms with E-state index in [0.717, 1.165) is 16.0 Å². The fraction of sp³-hybridized carbons (Fsp3) is 0.417. The predicted molar refractivity (Wildman–Crippen MR) is 91.9 cm³/mol. The molecule has 1 aromatic rings. The molecule has 0 atom stereocenters. The van der Waals surface area contributed by atoms with Crippen LogP contribution in [0.5, 0.6) is 11.5 Å². The molecule has 0 saturated heterocycles. The number of aliphatic imine (C=N–C) groups is 1. The molecule has 0 fully saturated rings. The van der Waals surface area contributed by atoms with Gasteiger partial charge in [0.05, 0.1) is 18.7 Å². The highest BCUT2D eigenvalue weighted by Crippen LogP contribution is 2.36. The molecule has 1 rings (SSSR count). The lowest BCUT2D eigenvalue weighted by Crippen LogP contribution is -2.34. The van der Waals surface area contributed by atoms with Crippen LogP contribution in [0.15, 0.2) is 21.6 Å².